The number of carbonyl (C=O) groups excluding carboxylic acids is 2. The van der Waals surface area contributed by atoms with Gasteiger partial charge in [-0.2, -0.15) is 0 Å². The molecule has 2 heterocycles. The molecule has 0 saturated heterocycles. The van der Waals surface area contributed by atoms with Gasteiger partial charge in [0.2, 0.25) is 0 Å². The summed E-state index contributed by atoms with van der Waals surface area (Å²) < 4.78 is 5.42. The Hall–Kier alpha value is -3.77. The molecule has 0 bridgehead atoms. The van der Waals surface area contributed by atoms with E-state index in [0.29, 0.717) is 17.0 Å². The Bertz CT molecular complexity index is 1210. The summed E-state index contributed by atoms with van der Waals surface area (Å²) in [5.41, 5.74) is 4.25. The number of para-hydroxylation sites is 1. The molecule has 0 aliphatic heterocycles. The Labute approximate surface area is 197 Å². The topological polar surface area (TPSA) is 68.3 Å². The Morgan fingerprint density at radius 1 is 0.909 bits per heavy atom. The Kier molecular flexibility index (Phi) is 7.27. The monoisotopic (exact) mass is 456 g/mol. The summed E-state index contributed by atoms with van der Waals surface area (Å²) in [6.45, 7) is 2.14. The molecule has 1 N–H and O–H groups in total. The van der Waals surface area contributed by atoms with E-state index in [4.69, 9.17) is 4.74 Å². The molecule has 4 rings (SSSR count). The minimum absolute atomic E-state index is 0.189. The molecule has 0 aliphatic rings. The molecule has 0 fully saturated rings. The zero-order valence-electron chi connectivity index (χ0n) is 18.2. The standard InChI is InChI=1S/C27H24N2O3S/c1-2-19(27(31)32-24-6-4-3-5-7-24)17-29-26(30)25-16-23(18-33-25)21-10-8-20(9-11-21)22-12-14-28-15-13-22/h3-16,18-19H,2,17H2,1H3,(H,29,30)/t19-/m1/s1. The van der Waals surface area contributed by atoms with Crippen molar-refractivity contribution >= 4 is 23.2 Å². The van der Waals surface area contributed by atoms with Gasteiger partial charge in [0, 0.05) is 18.9 Å². The number of amides is 1. The third-order valence-corrected chi connectivity index (χ3v) is 6.28. The molecule has 33 heavy (non-hydrogen) atoms. The van der Waals surface area contributed by atoms with Crippen LogP contribution >= 0.6 is 11.3 Å². The maximum atomic E-state index is 12.7. The van der Waals surface area contributed by atoms with Crippen LogP contribution in [0.15, 0.2) is 90.6 Å². The average Bonchev–Trinajstić information content (AvgIpc) is 3.36. The molecule has 0 saturated carbocycles. The smallest absolute Gasteiger partial charge is 0.316 e. The lowest BCUT2D eigenvalue weighted by molar-refractivity contribution is -0.138. The van der Waals surface area contributed by atoms with Crippen LogP contribution in [0, 0.1) is 5.92 Å². The SMILES string of the molecule is CC[C@H](CNC(=O)c1cc(-c2ccc(-c3ccncc3)cc2)cs1)C(=O)Oc1ccccc1. The highest BCUT2D eigenvalue weighted by molar-refractivity contribution is 7.12. The second-order valence-electron chi connectivity index (χ2n) is 7.56. The summed E-state index contributed by atoms with van der Waals surface area (Å²) >= 11 is 1.39. The number of aromatic nitrogens is 1. The lowest BCUT2D eigenvalue weighted by atomic mass is 10.0. The number of benzene rings is 2. The van der Waals surface area contributed by atoms with Crippen molar-refractivity contribution in [2.24, 2.45) is 5.92 Å². The third kappa shape index (κ3) is 5.73. The number of hydrogen-bond donors (Lipinski definition) is 1. The summed E-state index contributed by atoms with van der Waals surface area (Å²) in [4.78, 5) is 29.8. The number of pyridine rings is 1. The van der Waals surface area contributed by atoms with Crippen LogP contribution in [0.2, 0.25) is 0 Å². The first kappa shape index (κ1) is 22.4. The van der Waals surface area contributed by atoms with Gasteiger partial charge in [0.15, 0.2) is 0 Å². The predicted octanol–water partition coefficient (Wildman–Crippen LogP) is 5.84. The van der Waals surface area contributed by atoms with Crippen molar-refractivity contribution in [1.82, 2.24) is 10.3 Å². The van der Waals surface area contributed by atoms with Gasteiger partial charge in [0.25, 0.3) is 5.91 Å². The fourth-order valence-corrected chi connectivity index (χ4v) is 4.22. The number of hydrogen-bond acceptors (Lipinski definition) is 5. The number of ether oxygens (including phenoxy) is 1. The van der Waals surface area contributed by atoms with Gasteiger partial charge in [-0.05, 0) is 64.4 Å². The fraction of sp³-hybridized carbons (Fsp3) is 0.148. The fourth-order valence-electron chi connectivity index (χ4n) is 3.39. The Balaban J connectivity index is 1.36. The highest BCUT2D eigenvalue weighted by atomic mass is 32.1. The van der Waals surface area contributed by atoms with Crippen LogP contribution in [0.3, 0.4) is 0 Å². The second kappa shape index (κ2) is 10.7. The molecule has 5 nitrogen and oxygen atoms in total. The van der Waals surface area contributed by atoms with Gasteiger partial charge < -0.3 is 10.1 Å². The van der Waals surface area contributed by atoms with E-state index in [1.54, 1.807) is 24.5 Å². The van der Waals surface area contributed by atoms with Gasteiger partial charge >= 0.3 is 5.97 Å². The van der Waals surface area contributed by atoms with Gasteiger partial charge in [-0.3, -0.25) is 14.6 Å². The van der Waals surface area contributed by atoms with Crippen LogP contribution < -0.4 is 10.1 Å². The first-order valence-electron chi connectivity index (χ1n) is 10.8. The Morgan fingerprint density at radius 3 is 2.21 bits per heavy atom. The van der Waals surface area contributed by atoms with Crippen molar-refractivity contribution in [3.8, 4) is 28.0 Å². The molecular weight excluding hydrogens is 432 g/mol. The molecular formula is C27H24N2O3S. The number of rotatable bonds is 8. The minimum Gasteiger partial charge on any atom is -0.426 e. The van der Waals surface area contributed by atoms with Crippen molar-refractivity contribution in [1.29, 1.82) is 0 Å². The largest absolute Gasteiger partial charge is 0.426 e. The zero-order chi connectivity index (χ0) is 23.0. The van der Waals surface area contributed by atoms with Gasteiger partial charge in [0.1, 0.15) is 5.75 Å². The molecule has 0 aliphatic carbocycles. The van der Waals surface area contributed by atoms with Gasteiger partial charge in [-0.15, -0.1) is 11.3 Å². The molecule has 2 aromatic carbocycles. The molecule has 1 atom stereocenters. The molecule has 0 spiro atoms. The second-order valence-corrected chi connectivity index (χ2v) is 8.47. The van der Waals surface area contributed by atoms with Gasteiger partial charge in [-0.25, -0.2) is 0 Å². The average molecular weight is 457 g/mol. The lowest BCUT2D eigenvalue weighted by Crippen LogP contribution is -2.34. The van der Waals surface area contributed by atoms with E-state index in [0.717, 1.165) is 22.3 Å². The molecule has 4 aromatic rings. The van der Waals surface area contributed by atoms with Crippen molar-refractivity contribution in [3.63, 3.8) is 0 Å². The van der Waals surface area contributed by atoms with E-state index in [-0.39, 0.29) is 18.4 Å². The molecule has 166 valence electrons. The Morgan fingerprint density at radius 2 is 1.55 bits per heavy atom. The molecule has 6 heteroatoms. The number of nitrogens with zero attached hydrogens (tertiary/aromatic N) is 1. The van der Waals surface area contributed by atoms with E-state index < -0.39 is 5.92 Å². The predicted molar refractivity (Wildman–Crippen MR) is 131 cm³/mol. The van der Waals surface area contributed by atoms with E-state index in [2.05, 4.69) is 22.4 Å². The minimum atomic E-state index is -0.408. The van der Waals surface area contributed by atoms with Crippen molar-refractivity contribution in [3.05, 3.63) is 95.4 Å². The highest BCUT2D eigenvalue weighted by Gasteiger charge is 2.20. The van der Waals surface area contributed by atoms with Gasteiger partial charge in [-0.1, -0.05) is 49.4 Å². The van der Waals surface area contributed by atoms with E-state index >= 15 is 0 Å². The summed E-state index contributed by atoms with van der Waals surface area (Å²) in [7, 11) is 0. The van der Waals surface area contributed by atoms with Crippen molar-refractivity contribution in [2.45, 2.75) is 13.3 Å². The third-order valence-electron chi connectivity index (χ3n) is 5.35. The number of thiophene rings is 1. The van der Waals surface area contributed by atoms with Crippen LogP contribution in [0.5, 0.6) is 5.75 Å². The van der Waals surface area contributed by atoms with Crippen LogP contribution in [0.4, 0.5) is 0 Å². The summed E-state index contributed by atoms with van der Waals surface area (Å²) in [5.74, 6) is -0.435. The quantitative estimate of drug-likeness (QED) is 0.267. The zero-order valence-corrected chi connectivity index (χ0v) is 19.0. The normalized spacial score (nSPS) is 11.5. The van der Waals surface area contributed by atoms with Crippen molar-refractivity contribution < 1.29 is 14.3 Å². The summed E-state index contributed by atoms with van der Waals surface area (Å²) in [5, 5.41) is 4.85. The number of nitrogens with one attached hydrogen (secondary N) is 1. The van der Waals surface area contributed by atoms with Crippen LogP contribution in [0.25, 0.3) is 22.3 Å². The van der Waals surface area contributed by atoms with Crippen molar-refractivity contribution in [2.75, 3.05) is 6.54 Å². The van der Waals surface area contributed by atoms with Gasteiger partial charge in [0.05, 0.1) is 10.8 Å². The molecule has 2 aromatic heterocycles. The van der Waals surface area contributed by atoms with Crippen LogP contribution in [-0.2, 0) is 4.79 Å². The van der Waals surface area contributed by atoms with E-state index in [1.165, 1.54) is 11.3 Å². The summed E-state index contributed by atoms with van der Waals surface area (Å²) in [6, 6.07) is 23.0. The molecule has 1 amide bonds. The molecule has 0 radical (unpaired) electrons. The first-order valence-corrected chi connectivity index (χ1v) is 11.7. The summed E-state index contributed by atoms with van der Waals surface area (Å²) in [6.07, 6.45) is 4.13. The highest BCUT2D eigenvalue weighted by Crippen LogP contribution is 2.28. The molecule has 0 unspecified atom stereocenters. The number of esters is 1. The van der Waals surface area contributed by atoms with E-state index in [9.17, 15) is 9.59 Å². The lowest BCUT2D eigenvalue weighted by Gasteiger charge is -2.14. The number of carbonyl (C=O) groups is 2. The maximum Gasteiger partial charge on any atom is 0.316 e. The first-order chi connectivity index (χ1) is 16.1. The maximum absolute atomic E-state index is 12.7. The van der Waals surface area contributed by atoms with E-state index in [1.807, 2.05) is 60.8 Å². The van der Waals surface area contributed by atoms with Crippen LogP contribution in [0.1, 0.15) is 23.0 Å². The van der Waals surface area contributed by atoms with Crippen LogP contribution in [-0.4, -0.2) is 23.4 Å².